The molecule has 0 saturated carbocycles. The van der Waals surface area contributed by atoms with Gasteiger partial charge in [0.1, 0.15) is 5.15 Å². The van der Waals surface area contributed by atoms with Crippen LogP contribution in [0.4, 0.5) is 13.2 Å². The Morgan fingerprint density at radius 2 is 1.95 bits per heavy atom. The Morgan fingerprint density at radius 1 is 1.21 bits per heavy atom. The van der Waals surface area contributed by atoms with Gasteiger partial charge < -0.3 is 5.11 Å². The second-order valence-corrected chi connectivity index (χ2v) is 4.28. The van der Waals surface area contributed by atoms with Gasteiger partial charge in [-0.3, -0.25) is 0 Å². The van der Waals surface area contributed by atoms with Gasteiger partial charge in [-0.05, 0) is 29.3 Å². The van der Waals surface area contributed by atoms with Crippen molar-refractivity contribution in [1.82, 2.24) is 4.98 Å². The predicted molar refractivity (Wildman–Crippen MR) is 65.6 cm³/mol. The average Bonchev–Trinajstić information content (AvgIpc) is 2.38. The highest BCUT2D eigenvalue weighted by Crippen LogP contribution is 2.34. The third-order valence-electron chi connectivity index (χ3n) is 2.58. The summed E-state index contributed by atoms with van der Waals surface area (Å²) >= 11 is 5.88. The number of aromatic nitrogens is 1. The molecule has 0 fully saturated rings. The van der Waals surface area contributed by atoms with Gasteiger partial charge >= 0.3 is 6.18 Å². The minimum absolute atomic E-state index is 0.0940. The lowest BCUT2D eigenvalue weighted by Crippen LogP contribution is -2.04. The van der Waals surface area contributed by atoms with E-state index in [4.69, 9.17) is 16.7 Å². The van der Waals surface area contributed by atoms with Crippen molar-refractivity contribution in [2.45, 2.75) is 12.8 Å². The lowest BCUT2D eigenvalue weighted by atomic mass is 10.0. The second-order valence-electron chi connectivity index (χ2n) is 3.92. The van der Waals surface area contributed by atoms with E-state index in [2.05, 4.69) is 4.98 Å². The quantitative estimate of drug-likeness (QED) is 0.850. The molecule has 2 nitrogen and oxygen atoms in total. The zero-order chi connectivity index (χ0) is 14.0. The average molecular weight is 288 g/mol. The van der Waals surface area contributed by atoms with Gasteiger partial charge in [-0.2, -0.15) is 13.2 Å². The number of aliphatic hydroxyl groups excluding tert-OH is 1. The van der Waals surface area contributed by atoms with Crippen molar-refractivity contribution >= 4 is 11.6 Å². The Kier molecular flexibility index (Phi) is 3.78. The van der Waals surface area contributed by atoms with Crippen LogP contribution >= 0.6 is 11.6 Å². The first-order valence-corrected chi connectivity index (χ1v) is 5.72. The van der Waals surface area contributed by atoms with E-state index in [1.54, 1.807) is 0 Å². The van der Waals surface area contributed by atoms with Gasteiger partial charge in [0.25, 0.3) is 0 Å². The van der Waals surface area contributed by atoms with Crippen LogP contribution in [0.2, 0.25) is 5.15 Å². The number of pyridine rings is 1. The minimum Gasteiger partial charge on any atom is -0.392 e. The summed E-state index contributed by atoms with van der Waals surface area (Å²) in [6.45, 7) is -0.254. The maximum absolute atomic E-state index is 12.6. The van der Waals surface area contributed by atoms with E-state index in [9.17, 15) is 13.2 Å². The summed E-state index contributed by atoms with van der Waals surface area (Å²) in [6, 6.07) is 6.33. The molecule has 0 atom stereocenters. The number of alkyl halides is 3. The van der Waals surface area contributed by atoms with E-state index in [0.29, 0.717) is 16.7 Å². The van der Waals surface area contributed by atoms with Gasteiger partial charge in [0, 0.05) is 11.8 Å². The number of nitrogens with zero attached hydrogens (tertiary/aromatic N) is 1. The first kappa shape index (κ1) is 13.8. The van der Waals surface area contributed by atoms with Gasteiger partial charge in [0.05, 0.1) is 12.2 Å². The predicted octanol–water partition coefficient (Wildman–Crippen LogP) is 3.91. The molecule has 0 aliphatic heterocycles. The number of aliphatic hydroxyl groups is 1. The van der Waals surface area contributed by atoms with E-state index in [0.717, 1.165) is 12.1 Å². The van der Waals surface area contributed by atoms with Gasteiger partial charge in [0.2, 0.25) is 0 Å². The second kappa shape index (κ2) is 5.19. The molecule has 0 bridgehead atoms. The van der Waals surface area contributed by atoms with Crippen molar-refractivity contribution in [2.24, 2.45) is 0 Å². The molecule has 1 aromatic heterocycles. The Morgan fingerprint density at radius 3 is 2.58 bits per heavy atom. The molecule has 0 radical (unpaired) electrons. The van der Waals surface area contributed by atoms with Crippen LogP contribution in [0.1, 0.15) is 11.1 Å². The molecule has 19 heavy (non-hydrogen) atoms. The molecule has 2 rings (SSSR count). The molecule has 0 amide bonds. The van der Waals surface area contributed by atoms with E-state index in [-0.39, 0.29) is 11.8 Å². The molecule has 0 spiro atoms. The number of hydrogen-bond acceptors (Lipinski definition) is 2. The molecule has 1 aromatic carbocycles. The maximum Gasteiger partial charge on any atom is 0.416 e. The summed E-state index contributed by atoms with van der Waals surface area (Å²) < 4.78 is 37.9. The Hall–Kier alpha value is -1.59. The smallest absolute Gasteiger partial charge is 0.392 e. The molecule has 1 heterocycles. The first-order valence-electron chi connectivity index (χ1n) is 5.34. The van der Waals surface area contributed by atoms with Crippen LogP contribution in [-0.2, 0) is 12.8 Å². The lowest BCUT2D eigenvalue weighted by molar-refractivity contribution is -0.137. The third-order valence-corrected chi connectivity index (χ3v) is 2.88. The molecular formula is C13H9ClF3NO. The van der Waals surface area contributed by atoms with Crippen molar-refractivity contribution < 1.29 is 18.3 Å². The van der Waals surface area contributed by atoms with Crippen molar-refractivity contribution in [2.75, 3.05) is 0 Å². The minimum atomic E-state index is -4.41. The van der Waals surface area contributed by atoms with Crippen LogP contribution in [0.3, 0.4) is 0 Å². The van der Waals surface area contributed by atoms with Gasteiger partial charge in [0.15, 0.2) is 0 Å². The highest BCUT2D eigenvalue weighted by molar-refractivity contribution is 6.32. The van der Waals surface area contributed by atoms with Crippen LogP contribution < -0.4 is 0 Å². The SMILES string of the molecule is OCc1cnc(Cl)c(-c2cccc(C(F)(F)F)c2)c1. The number of benzene rings is 1. The highest BCUT2D eigenvalue weighted by atomic mass is 35.5. The molecule has 0 saturated heterocycles. The standard InChI is InChI=1S/C13H9ClF3NO/c14-12-11(4-8(7-19)6-18-12)9-2-1-3-10(5-9)13(15,16)17/h1-6,19H,7H2. The summed E-state index contributed by atoms with van der Waals surface area (Å²) in [5.74, 6) is 0. The number of halogens is 4. The van der Waals surface area contributed by atoms with Crippen molar-refractivity contribution in [3.8, 4) is 11.1 Å². The van der Waals surface area contributed by atoms with Crippen molar-refractivity contribution in [3.05, 3.63) is 52.8 Å². The zero-order valence-electron chi connectivity index (χ0n) is 9.58. The molecular weight excluding hydrogens is 279 g/mol. The maximum atomic E-state index is 12.6. The fraction of sp³-hybridized carbons (Fsp3) is 0.154. The summed E-state index contributed by atoms with van der Waals surface area (Å²) in [7, 11) is 0. The van der Waals surface area contributed by atoms with E-state index < -0.39 is 11.7 Å². The van der Waals surface area contributed by atoms with Gasteiger partial charge in [-0.1, -0.05) is 23.7 Å². The molecule has 0 unspecified atom stereocenters. The van der Waals surface area contributed by atoms with Crippen LogP contribution in [0.25, 0.3) is 11.1 Å². The monoisotopic (exact) mass is 287 g/mol. The summed E-state index contributed by atoms with van der Waals surface area (Å²) in [4.78, 5) is 3.84. The van der Waals surface area contributed by atoms with Gasteiger partial charge in [-0.25, -0.2) is 4.98 Å². The van der Waals surface area contributed by atoms with Crippen LogP contribution in [-0.4, -0.2) is 10.1 Å². The molecule has 2 aromatic rings. The topological polar surface area (TPSA) is 33.1 Å². The number of rotatable bonds is 2. The molecule has 6 heteroatoms. The molecule has 100 valence electrons. The van der Waals surface area contributed by atoms with E-state index in [1.807, 2.05) is 0 Å². The third kappa shape index (κ3) is 3.05. The summed E-state index contributed by atoms with van der Waals surface area (Å²) in [6.07, 6.45) is -3.04. The fourth-order valence-corrected chi connectivity index (χ4v) is 1.86. The van der Waals surface area contributed by atoms with Crippen molar-refractivity contribution in [1.29, 1.82) is 0 Å². The van der Waals surface area contributed by atoms with E-state index in [1.165, 1.54) is 24.4 Å². The van der Waals surface area contributed by atoms with Crippen LogP contribution in [0.5, 0.6) is 0 Å². The Balaban J connectivity index is 2.53. The summed E-state index contributed by atoms with van der Waals surface area (Å²) in [5.41, 5.74) is 0.397. The lowest BCUT2D eigenvalue weighted by Gasteiger charge is -2.10. The van der Waals surface area contributed by atoms with Crippen LogP contribution in [0, 0.1) is 0 Å². The highest BCUT2D eigenvalue weighted by Gasteiger charge is 2.30. The van der Waals surface area contributed by atoms with Gasteiger partial charge in [-0.15, -0.1) is 0 Å². The Labute approximate surface area is 112 Å². The molecule has 1 N–H and O–H groups in total. The van der Waals surface area contributed by atoms with E-state index >= 15 is 0 Å². The van der Waals surface area contributed by atoms with Crippen LogP contribution in [0.15, 0.2) is 36.5 Å². The first-order chi connectivity index (χ1) is 8.91. The number of hydrogen-bond donors (Lipinski definition) is 1. The molecule has 0 aliphatic carbocycles. The fourth-order valence-electron chi connectivity index (χ4n) is 1.64. The normalized spacial score (nSPS) is 11.6. The van der Waals surface area contributed by atoms with Crippen molar-refractivity contribution in [3.63, 3.8) is 0 Å². The Bertz CT molecular complexity index is 599. The zero-order valence-corrected chi connectivity index (χ0v) is 10.3. The summed E-state index contributed by atoms with van der Waals surface area (Å²) in [5, 5.41) is 9.11. The largest absolute Gasteiger partial charge is 0.416 e. The molecule has 0 aliphatic rings.